The summed E-state index contributed by atoms with van der Waals surface area (Å²) >= 11 is 0. The maximum absolute atomic E-state index is 14.0. The van der Waals surface area contributed by atoms with Crippen molar-refractivity contribution in [3.63, 3.8) is 0 Å². The van der Waals surface area contributed by atoms with Gasteiger partial charge >= 0.3 is 0 Å². The number of anilines is 1. The molecule has 1 aliphatic rings. The summed E-state index contributed by atoms with van der Waals surface area (Å²) in [4.78, 5) is 4.38. The Morgan fingerprint density at radius 2 is 2.00 bits per heavy atom. The van der Waals surface area contributed by atoms with Crippen LogP contribution in [-0.4, -0.2) is 56.4 Å². The second kappa shape index (κ2) is 7.57. The second-order valence-electron chi connectivity index (χ2n) is 5.33. The van der Waals surface area contributed by atoms with Crippen LogP contribution in [0.2, 0.25) is 0 Å². The van der Waals surface area contributed by atoms with Crippen molar-refractivity contribution in [2.75, 3.05) is 51.3 Å². The van der Waals surface area contributed by atoms with E-state index in [-0.39, 0.29) is 12.4 Å². The largest absolute Gasteiger partial charge is 0.396 e. The van der Waals surface area contributed by atoms with Crippen molar-refractivity contribution in [1.82, 2.24) is 10.2 Å². The maximum Gasteiger partial charge on any atom is 0.146 e. The molecule has 1 aromatic carbocycles. The van der Waals surface area contributed by atoms with Crippen molar-refractivity contribution in [3.05, 3.63) is 29.6 Å². The van der Waals surface area contributed by atoms with Gasteiger partial charge in [-0.1, -0.05) is 6.07 Å². The maximum atomic E-state index is 14.0. The first kappa shape index (κ1) is 15.2. The van der Waals surface area contributed by atoms with Gasteiger partial charge in [0.25, 0.3) is 0 Å². The van der Waals surface area contributed by atoms with E-state index >= 15 is 0 Å². The van der Waals surface area contributed by atoms with Crippen molar-refractivity contribution < 1.29 is 9.50 Å². The number of hydrogen-bond acceptors (Lipinski definition) is 4. The predicted molar refractivity (Wildman–Crippen MR) is 79.5 cm³/mol. The smallest absolute Gasteiger partial charge is 0.146 e. The van der Waals surface area contributed by atoms with Gasteiger partial charge in [-0.25, -0.2) is 4.39 Å². The summed E-state index contributed by atoms with van der Waals surface area (Å²) in [6.45, 7) is 5.36. The van der Waals surface area contributed by atoms with Crippen molar-refractivity contribution in [2.45, 2.75) is 13.0 Å². The lowest BCUT2D eigenvalue weighted by Gasteiger charge is -2.34. The molecule has 4 nitrogen and oxygen atoms in total. The Morgan fingerprint density at radius 1 is 1.25 bits per heavy atom. The molecule has 0 aromatic heterocycles. The normalized spacial score (nSPS) is 16.6. The first-order chi connectivity index (χ1) is 9.70. The highest BCUT2D eigenvalue weighted by Crippen LogP contribution is 2.22. The predicted octanol–water partition coefficient (Wildman–Crippen LogP) is 1.05. The number of halogens is 1. The molecule has 0 atom stereocenters. The van der Waals surface area contributed by atoms with Gasteiger partial charge < -0.3 is 20.2 Å². The summed E-state index contributed by atoms with van der Waals surface area (Å²) in [6, 6.07) is 5.31. The number of hydrogen-bond donors (Lipinski definition) is 2. The molecule has 0 saturated carbocycles. The first-order valence-corrected chi connectivity index (χ1v) is 7.24. The number of rotatable bonds is 6. The quantitative estimate of drug-likeness (QED) is 0.765. The molecule has 1 aromatic rings. The van der Waals surface area contributed by atoms with Crippen LogP contribution < -0.4 is 10.2 Å². The van der Waals surface area contributed by atoms with Crippen LogP contribution in [0.5, 0.6) is 0 Å². The first-order valence-electron chi connectivity index (χ1n) is 7.24. The number of benzene rings is 1. The van der Waals surface area contributed by atoms with Crippen LogP contribution in [-0.2, 0) is 6.54 Å². The monoisotopic (exact) mass is 281 g/mol. The Bertz CT molecular complexity index is 420. The van der Waals surface area contributed by atoms with Crippen LogP contribution in [0, 0.1) is 5.82 Å². The van der Waals surface area contributed by atoms with E-state index in [0.29, 0.717) is 12.2 Å². The van der Waals surface area contributed by atoms with Crippen LogP contribution in [0.25, 0.3) is 0 Å². The molecule has 1 aliphatic heterocycles. The van der Waals surface area contributed by atoms with Crippen LogP contribution >= 0.6 is 0 Å². The fourth-order valence-electron chi connectivity index (χ4n) is 2.39. The third-order valence-electron chi connectivity index (χ3n) is 3.70. The van der Waals surface area contributed by atoms with E-state index in [1.165, 1.54) is 0 Å². The molecule has 112 valence electrons. The van der Waals surface area contributed by atoms with E-state index in [9.17, 15) is 4.39 Å². The minimum Gasteiger partial charge on any atom is -0.396 e. The molecule has 0 radical (unpaired) electrons. The van der Waals surface area contributed by atoms with Gasteiger partial charge in [0.05, 0.1) is 5.69 Å². The van der Waals surface area contributed by atoms with Crippen LogP contribution in [0.15, 0.2) is 18.2 Å². The third-order valence-corrected chi connectivity index (χ3v) is 3.70. The lowest BCUT2D eigenvalue weighted by Crippen LogP contribution is -2.44. The molecule has 0 aliphatic carbocycles. The van der Waals surface area contributed by atoms with Crippen LogP contribution in [0.1, 0.15) is 12.0 Å². The molecule has 2 N–H and O–H groups in total. The van der Waals surface area contributed by atoms with Gasteiger partial charge in [0, 0.05) is 39.3 Å². The van der Waals surface area contributed by atoms with Crippen molar-refractivity contribution in [1.29, 1.82) is 0 Å². The lowest BCUT2D eigenvalue weighted by atomic mass is 10.1. The van der Waals surface area contributed by atoms with E-state index in [1.807, 2.05) is 12.1 Å². The molecular formula is C15H24FN3O. The highest BCUT2D eigenvalue weighted by molar-refractivity contribution is 5.50. The SMILES string of the molecule is CN1CCN(c2cc(CNCCCO)ccc2F)CC1. The Balaban J connectivity index is 1.97. The Morgan fingerprint density at radius 3 is 2.70 bits per heavy atom. The molecule has 20 heavy (non-hydrogen) atoms. The number of aliphatic hydroxyl groups is 1. The summed E-state index contributed by atoms with van der Waals surface area (Å²) in [5.74, 6) is -0.145. The summed E-state index contributed by atoms with van der Waals surface area (Å²) in [5, 5.41) is 12.0. The Kier molecular flexibility index (Phi) is 5.76. The minimum atomic E-state index is -0.145. The van der Waals surface area contributed by atoms with Crippen LogP contribution in [0.3, 0.4) is 0 Å². The molecule has 0 amide bonds. The number of piperazine rings is 1. The number of nitrogens with zero attached hydrogens (tertiary/aromatic N) is 2. The fraction of sp³-hybridized carbons (Fsp3) is 0.600. The molecule has 1 fully saturated rings. The van der Waals surface area contributed by atoms with E-state index in [2.05, 4.69) is 22.2 Å². The van der Waals surface area contributed by atoms with Crippen molar-refractivity contribution >= 4 is 5.69 Å². The van der Waals surface area contributed by atoms with E-state index in [4.69, 9.17) is 5.11 Å². The molecule has 2 rings (SSSR count). The summed E-state index contributed by atoms with van der Waals surface area (Å²) in [7, 11) is 2.09. The summed E-state index contributed by atoms with van der Waals surface area (Å²) < 4.78 is 14.0. The number of likely N-dealkylation sites (N-methyl/N-ethyl adjacent to an activating group) is 1. The highest BCUT2D eigenvalue weighted by atomic mass is 19.1. The third kappa shape index (κ3) is 4.16. The van der Waals surface area contributed by atoms with Gasteiger partial charge in [-0.05, 0) is 37.7 Å². The molecule has 1 heterocycles. The van der Waals surface area contributed by atoms with Gasteiger partial charge in [-0.2, -0.15) is 0 Å². The summed E-state index contributed by atoms with van der Waals surface area (Å²) in [5.41, 5.74) is 1.79. The minimum absolute atomic E-state index is 0.145. The highest BCUT2D eigenvalue weighted by Gasteiger charge is 2.17. The number of aliphatic hydroxyl groups excluding tert-OH is 1. The topological polar surface area (TPSA) is 38.7 Å². The lowest BCUT2D eigenvalue weighted by molar-refractivity contribution is 0.286. The Labute approximate surface area is 120 Å². The van der Waals surface area contributed by atoms with Gasteiger partial charge in [0.15, 0.2) is 0 Å². The standard InChI is InChI=1S/C15H24FN3O/c1-18-6-8-19(9-7-18)15-11-13(3-4-14(15)16)12-17-5-2-10-20/h3-4,11,17,20H,2,5-10,12H2,1H3. The second-order valence-corrected chi connectivity index (χ2v) is 5.33. The van der Waals surface area contributed by atoms with Gasteiger partial charge in [-0.3, -0.25) is 0 Å². The fourth-order valence-corrected chi connectivity index (χ4v) is 2.39. The summed E-state index contributed by atoms with van der Waals surface area (Å²) in [6.07, 6.45) is 0.743. The van der Waals surface area contributed by atoms with Gasteiger partial charge in [0.1, 0.15) is 5.82 Å². The zero-order chi connectivity index (χ0) is 14.4. The van der Waals surface area contributed by atoms with E-state index < -0.39 is 0 Å². The average molecular weight is 281 g/mol. The molecule has 0 bridgehead atoms. The van der Waals surface area contributed by atoms with Crippen molar-refractivity contribution in [2.24, 2.45) is 0 Å². The van der Waals surface area contributed by atoms with Gasteiger partial charge in [-0.15, -0.1) is 0 Å². The molecular weight excluding hydrogens is 257 g/mol. The Hall–Kier alpha value is -1.17. The van der Waals surface area contributed by atoms with E-state index in [0.717, 1.165) is 44.7 Å². The van der Waals surface area contributed by atoms with Gasteiger partial charge in [0.2, 0.25) is 0 Å². The zero-order valence-corrected chi connectivity index (χ0v) is 12.1. The molecule has 0 spiro atoms. The molecule has 0 unspecified atom stereocenters. The van der Waals surface area contributed by atoms with E-state index in [1.54, 1.807) is 6.07 Å². The van der Waals surface area contributed by atoms with Crippen molar-refractivity contribution in [3.8, 4) is 0 Å². The van der Waals surface area contributed by atoms with Crippen LogP contribution in [0.4, 0.5) is 10.1 Å². The number of nitrogens with one attached hydrogen (secondary N) is 1. The molecule has 5 heteroatoms. The average Bonchev–Trinajstić information content (AvgIpc) is 2.46. The zero-order valence-electron chi connectivity index (χ0n) is 12.1. The molecule has 1 saturated heterocycles.